The Morgan fingerprint density at radius 1 is 1.27 bits per heavy atom. The maximum absolute atomic E-state index is 12.3. The highest BCUT2D eigenvalue weighted by molar-refractivity contribution is 8.01. The molecule has 2 heterocycles. The molecule has 0 saturated carbocycles. The van der Waals surface area contributed by atoms with Gasteiger partial charge in [-0.2, -0.15) is 0 Å². The summed E-state index contributed by atoms with van der Waals surface area (Å²) in [5, 5.41) is 5.24. The highest BCUT2D eigenvalue weighted by atomic mass is 35.5. The molecule has 2 aromatic carbocycles. The van der Waals surface area contributed by atoms with Crippen LogP contribution in [-0.2, 0) is 19.1 Å². The van der Waals surface area contributed by atoms with Crippen LogP contribution in [0.3, 0.4) is 0 Å². The summed E-state index contributed by atoms with van der Waals surface area (Å²) in [6, 6.07) is 10.1. The number of carbonyl (C=O) groups is 3. The molecule has 0 spiro atoms. The number of hydrogen-bond acceptors (Lipinski definition) is 7. The minimum atomic E-state index is -1.04. The number of amides is 2. The van der Waals surface area contributed by atoms with Gasteiger partial charge in [-0.25, -0.2) is 0 Å². The molecule has 0 bridgehead atoms. The highest BCUT2D eigenvalue weighted by Gasteiger charge is 2.31. The zero-order valence-corrected chi connectivity index (χ0v) is 17.3. The number of benzene rings is 2. The number of esters is 1. The maximum Gasteiger partial charge on any atom is 0.308 e. The van der Waals surface area contributed by atoms with Gasteiger partial charge in [0.25, 0.3) is 5.91 Å². The van der Waals surface area contributed by atoms with Gasteiger partial charge in [-0.15, -0.1) is 11.8 Å². The molecule has 30 heavy (non-hydrogen) atoms. The van der Waals surface area contributed by atoms with Gasteiger partial charge in [-0.3, -0.25) is 14.4 Å². The van der Waals surface area contributed by atoms with E-state index in [1.54, 1.807) is 36.4 Å². The Morgan fingerprint density at radius 3 is 2.90 bits per heavy atom. The molecule has 0 aromatic heterocycles. The number of fused-ring (bicyclic) bond motifs is 2. The van der Waals surface area contributed by atoms with Gasteiger partial charge >= 0.3 is 5.97 Å². The van der Waals surface area contributed by atoms with Crippen molar-refractivity contribution in [1.82, 2.24) is 0 Å². The van der Waals surface area contributed by atoms with Crippen LogP contribution in [0.1, 0.15) is 13.3 Å². The number of nitrogens with one attached hydrogen (secondary N) is 2. The standard InChI is InChI=1S/C20H17ClN2O6S/c1-10(19(25)22-12-3-4-14-15(7-12)28-9-27-14)29-18(24)8-17-20(26)23-13-6-11(21)2-5-16(13)30-17/h2-7,10,17H,8-9H2,1H3,(H,22,25)(H,23,26). The Bertz CT molecular complexity index is 1030. The van der Waals surface area contributed by atoms with Crippen LogP contribution in [0.2, 0.25) is 5.02 Å². The highest BCUT2D eigenvalue weighted by Crippen LogP contribution is 2.38. The summed E-state index contributed by atoms with van der Waals surface area (Å²) in [4.78, 5) is 37.7. The maximum atomic E-state index is 12.3. The molecule has 0 saturated heterocycles. The molecule has 2 N–H and O–H groups in total. The van der Waals surface area contributed by atoms with Crippen molar-refractivity contribution < 1.29 is 28.6 Å². The predicted octanol–water partition coefficient (Wildman–Crippen LogP) is 3.44. The summed E-state index contributed by atoms with van der Waals surface area (Å²) in [5.74, 6) is -0.334. The first-order valence-corrected chi connectivity index (χ1v) is 10.3. The smallest absolute Gasteiger partial charge is 0.308 e. The van der Waals surface area contributed by atoms with Gasteiger partial charge in [0.15, 0.2) is 17.6 Å². The van der Waals surface area contributed by atoms with Gasteiger partial charge in [-0.1, -0.05) is 11.6 Å². The average Bonchev–Trinajstić information content (AvgIpc) is 3.16. The Hall–Kier alpha value is -2.91. The summed E-state index contributed by atoms with van der Waals surface area (Å²) in [5.41, 5.74) is 1.10. The van der Waals surface area contributed by atoms with E-state index in [0.29, 0.717) is 27.9 Å². The molecule has 2 aliphatic heterocycles. The normalized spacial score (nSPS) is 17.5. The quantitative estimate of drug-likeness (QED) is 0.675. The fourth-order valence-electron chi connectivity index (χ4n) is 2.93. The first kappa shape index (κ1) is 20.4. The Balaban J connectivity index is 1.31. The molecule has 2 unspecified atom stereocenters. The number of ether oxygens (including phenoxy) is 3. The van der Waals surface area contributed by atoms with Crippen molar-refractivity contribution in [1.29, 1.82) is 0 Å². The van der Waals surface area contributed by atoms with Crippen molar-refractivity contribution in [2.45, 2.75) is 29.6 Å². The molecule has 2 amide bonds. The second-order valence-corrected chi connectivity index (χ2v) is 8.31. The minimum absolute atomic E-state index is 0.130. The lowest BCUT2D eigenvalue weighted by atomic mass is 10.2. The molecule has 2 aliphatic rings. The van der Waals surface area contributed by atoms with E-state index in [9.17, 15) is 14.4 Å². The molecule has 0 aliphatic carbocycles. The molecule has 10 heteroatoms. The third-order valence-electron chi connectivity index (χ3n) is 4.43. The third-order valence-corrected chi connectivity index (χ3v) is 5.94. The van der Waals surface area contributed by atoms with Crippen LogP contribution in [0, 0.1) is 0 Å². The Kier molecular flexibility index (Phi) is 5.74. The summed E-state index contributed by atoms with van der Waals surface area (Å²) >= 11 is 7.19. The van der Waals surface area contributed by atoms with Crippen LogP contribution in [0.5, 0.6) is 11.5 Å². The largest absolute Gasteiger partial charge is 0.454 e. The molecule has 8 nitrogen and oxygen atoms in total. The lowest BCUT2D eigenvalue weighted by molar-refractivity contribution is -0.153. The van der Waals surface area contributed by atoms with Crippen molar-refractivity contribution in [3.8, 4) is 11.5 Å². The third kappa shape index (κ3) is 4.47. The van der Waals surface area contributed by atoms with E-state index in [4.69, 9.17) is 25.8 Å². The molecule has 0 fully saturated rings. The van der Waals surface area contributed by atoms with Gasteiger partial charge in [-0.05, 0) is 37.3 Å². The fourth-order valence-corrected chi connectivity index (χ4v) is 4.17. The molecular formula is C20H17ClN2O6S. The molecule has 2 aromatic rings. The summed E-state index contributed by atoms with van der Waals surface area (Å²) in [6.45, 7) is 1.59. The van der Waals surface area contributed by atoms with E-state index in [1.165, 1.54) is 18.7 Å². The SMILES string of the molecule is CC(OC(=O)CC1Sc2ccc(Cl)cc2NC1=O)C(=O)Nc1ccc2c(c1)OCO2. The van der Waals surface area contributed by atoms with Crippen molar-refractivity contribution in [3.05, 3.63) is 41.4 Å². The van der Waals surface area contributed by atoms with E-state index >= 15 is 0 Å². The molecule has 4 rings (SSSR count). The summed E-state index contributed by atoms with van der Waals surface area (Å²) in [6.07, 6.45) is -1.20. The van der Waals surface area contributed by atoms with Crippen LogP contribution in [0.4, 0.5) is 11.4 Å². The van der Waals surface area contributed by atoms with Crippen molar-refractivity contribution in [2.24, 2.45) is 0 Å². The Labute approximate surface area is 181 Å². The zero-order chi connectivity index (χ0) is 21.3. The van der Waals surface area contributed by atoms with E-state index < -0.39 is 23.2 Å². The number of anilines is 2. The van der Waals surface area contributed by atoms with Crippen molar-refractivity contribution in [3.63, 3.8) is 0 Å². The van der Waals surface area contributed by atoms with Gasteiger partial charge in [0.2, 0.25) is 12.7 Å². The second-order valence-electron chi connectivity index (χ2n) is 6.63. The van der Waals surface area contributed by atoms with E-state index in [0.717, 1.165) is 4.90 Å². The Morgan fingerprint density at radius 2 is 2.07 bits per heavy atom. The second kappa shape index (κ2) is 8.45. The van der Waals surface area contributed by atoms with E-state index in [1.807, 2.05) is 0 Å². The lowest BCUT2D eigenvalue weighted by Gasteiger charge is -2.24. The van der Waals surface area contributed by atoms with Crippen LogP contribution < -0.4 is 20.1 Å². The fraction of sp³-hybridized carbons (Fsp3) is 0.250. The van der Waals surface area contributed by atoms with E-state index in [-0.39, 0.29) is 19.1 Å². The van der Waals surface area contributed by atoms with Gasteiger partial charge in [0, 0.05) is 21.7 Å². The number of halogens is 1. The van der Waals surface area contributed by atoms with Crippen LogP contribution in [0.15, 0.2) is 41.3 Å². The van der Waals surface area contributed by atoms with Crippen molar-refractivity contribution in [2.75, 3.05) is 17.4 Å². The van der Waals surface area contributed by atoms with Crippen LogP contribution in [0.25, 0.3) is 0 Å². The summed E-state index contributed by atoms with van der Waals surface area (Å²) < 4.78 is 15.7. The molecular weight excluding hydrogens is 432 g/mol. The van der Waals surface area contributed by atoms with Gasteiger partial charge < -0.3 is 24.8 Å². The van der Waals surface area contributed by atoms with Gasteiger partial charge in [0.1, 0.15) is 0 Å². The van der Waals surface area contributed by atoms with E-state index in [2.05, 4.69) is 10.6 Å². The molecule has 156 valence electrons. The van der Waals surface area contributed by atoms with Gasteiger partial charge in [0.05, 0.1) is 17.4 Å². The number of rotatable bonds is 5. The summed E-state index contributed by atoms with van der Waals surface area (Å²) in [7, 11) is 0. The number of thioether (sulfide) groups is 1. The number of hydrogen-bond donors (Lipinski definition) is 2. The average molecular weight is 449 g/mol. The van der Waals surface area contributed by atoms with Crippen LogP contribution >= 0.6 is 23.4 Å². The zero-order valence-electron chi connectivity index (χ0n) is 15.8. The molecule has 2 atom stereocenters. The van der Waals surface area contributed by atoms with Crippen LogP contribution in [-0.4, -0.2) is 35.9 Å². The first-order chi connectivity index (χ1) is 14.4. The topological polar surface area (TPSA) is 103 Å². The van der Waals surface area contributed by atoms with Crippen molar-refractivity contribution >= 4 is 52.5 Å². The lowest BCUT2D eigenvalue weighted by Crippen LogP contribution is -2.34. The monoisotopic (exact) mass is 448 g/mol. The minimum Gasteiger partial charge on any atom is -0.454 e. The number of carbonyl (C=O) groups excluding carboxylic acids is 3. The molecule has 0 radical (unpaired) electrons. The predicted molar refractivity (Wildman–Crippen MR) is 111 cm³/mol. The first-order valence-electron chi connectivity index (χ1n) is 9.06.